The summed E-state index contributed by atoms with van der Waals surface area (Å²) in [6, 6.07) is 9.70. The molecule has 0 spiro atoms. The molecule has 4 N–H and O–H groups in total. The molecule has 0 aliphatic heterocycles. The maximum Gasteiger partial charge on any atom is 0.220 e. The molecule has 2 aromatic heterocycles. The predicted octanol–water partition coefficient (Wildman–Crippen LogP) is 2.68. The largest absolute Gasteiger partial charge is 0.398 e. The Labute approximate surface area is 122 Å². The maximum absolute atomic E-state index is 6.00. The second-order valence-electron chi connectivity index (χ2n) is 4.80. The second kappa shape index (κ2) is 5.20. The lowest BCUT2D eigenvalue weighted by molar-refractivity contribution is 1.18. The fraction of sp³-hybridized carbons (Fsp3) is 0.0625. The van der Waals surface area contributed by atoms with E-state index in [0.717, 1.165) is 33.6 Å². The summed E-state index contributed by atoms with van der Waals surface area (Å²) in [6.07, 6.45) is 5.19. The first kappa shape index (κ1) is 13.1. The molecule has 0 fully saturated rings. The molecule has 0 aliphatic rings. The van der Waals surface area contributed by atoms with Gasteiger partial charge in [-0.05, 0) is 36.2 Å². The molecular formula is C16H15N5. The van der Waals surface area contributed by atoms with E-state index in [-0.39, 0.29) is 5.95 Å². The van der Waals surface area contributed by atoms with Crippen molar-refractivity contribution < 1.29 is 0 Å². The van der Waals surface area contributed by atoms with Crippen molar-refractivity contribution in [3.63, 3.8) is 0 Å². The lowest BCUT2D eigenvalue weighted by Gasteiger charge is -2.10. The molecule has 0 aliphatic carbocycles. The first-order valence-corrected chi connectivity index (χ1v) is 6.54. The molecule has 5 nitrogen and oxygen atoms in total. The average molecular weight is 277 g/mol. The number of hydrogen-bond donors (Lipinski definition) is 2. The van der Waals surface area contributed by atoms with Crippen LogP contribution in [0.4, 0.5) is 11.6 Å². The molecule has 1 aromatic carbocycles. The Hall–Kier alpha value is -2.95. The van der Waals surface area contributed by atoms with Gasteiger partial charge in [0.05, 0.1) is 5.69 Å². The van der Waals surface area contributed by atoms with Crippen molar-refractivity contribution in [1.29, 1.82) is 0 Å². The van der Waals surface area contributed by atoms with Crippen LogP contribution in [-0.2, 0) is 0 Å². The highest BCUT2D eigenvalue weighted by Gasteiger charge is 2.11. The maximum atomic E-state index is 6.00. The smallest absolute Gasteiger partial charge is 0.220 e. The van der Waals surface area contributed by atoms with E-state index in [0.29, 0.717) is 0 Å². The van der Waals surface area contributed by atoms with Crippen LogP contribution in [0.3, 0.4) is 0 Å². The number of rotatable bonds is 2. The minimum absolute atomic E-state index is 0.234. The number of aryl methyl sites for hydroxylation is 1. The van der Waals surface area contributed by atoms with E-state index in [1.165, 1.54) is 0 Å². The topological polar surface area (TPSA) is 90.7 Å². The van der Waals surface area contributed by atoms with Gasteiger partial charge in [-0.1, -0.05) is 12.1 Å². The van der Waals surface area contributed by atoms with Crippen LogP contribution >= 0.6 is 0 Å². The van der Waals surface area contributed by atoms with Gasteiger partial charge in [-0.3, -0.25) is 4.98 Å². The highest BCUT2D eigenvalue weighted by atomic mass is 15.0. The number of pyridine rings is 1. The van der Waals surface area contributed by atoms with Crippen molar-refractivity contribution in [2.24, 2.45) is 0 Å². The van der Waals surface area contributed by atoms with Crippen LogP contribution < -0.4 is 11.5 Å². The lowest BCUT2D eigenvalue weighted by atomic mass is 10.00. The SMILES string of the molecule is Cc1ccc(-c2cnc(N)nc2-c2cccnc2)cc1N. The van der Waals surface area contributed by atoms with Crippen molar-refractivity contribution in [2.45, 2.75) is 6.92 Å². The zero-order valence-electron chi connectivity index (χ0n) is 11.6. The van der Waals surface area contributed by atoms with Crippen molar-refractivity contribution in [1.82, 2.24) is 15.0 Å². The Morgan fingerprint density at radius 1 is 1.00 bits per heavy atom. The quantitative estimate of drug-likeness (QED) is 0.703. The summed E-state index contributed by atoms with van der Waals surface area (Å²) in [5.41, 5.74) is 17.0. The van der Waals surface area contributed by atoms with Gasteiger partial charge in [0, 0.05) is 35.4 Å². The molecule has 3 aromatic rings. The van der Waals surface area contributed by atoms with Crippen molar-refractivity contribution in [2.75, 3.05) is 11.5 Å². The zero-order valence-corrected chi connectivity index (χ0v) is 11.6. The number of benzene rings is 1. The van der Waals surface area contributed by atoms with E-state index in [9.17, 15) is 0 Å². The number of hydrogen-bond acceptors (Lipinski definition) is 5. The van der Waals surface area contributed by atoms with Gasteiger partial charge < -0.3 is 11.5 Å². The van der Waals surface area contributed by atoms with Gasteiger partial charge in [-0.15, -0.1) is 0 Å². The molecule has 0 amide bonds. The molecule has 3 rings (SSSR count). The van der Waals surface area contributed by atoms with Gasteiger partial charge in [0.1, 0.15) is 0 Å². The summed E-state index contributed by atoms with van der Waals surface area (Å²) < 4.78 is 0. The van der Waals surface area contributed by atoms with Crippen LogP contribution in [0.1, 0.15) is 5.56 Å². The third-order valence-corrected chi connectivity index (χ3v) is 3.33. The first-order chi connectivity index (χ1) is 10.1. The monoisotopic (exact) mass is 277 g/mol. The van der Waals surface area contributed by atoms with Crippen LogP contribution in [0.5, 0.6) is 0 Å². The number of nitrogens with two attached hydrogens (primary N) is 2. The zero-order chi connectivity index (χ0) is 14.8. The minimum Gasteiger partial charge on any atom is -0.398 e. The van der Waals surface area contributed by atoms with Crippen LogP contribution in [0.25, 0.3) is 22.4 Å². The Morgan fingerprint density at radius 2 is 1.86 bits per heavy atom. The number of anilines is 2. The molecule has 104 valence electrons. The standard InChI is InChI=1S/C16H15N5/c1-10-4-5-11(7-14(10)17)13-9-20-16(18)21-15(13)12-3-2-6-19-8-12/h2-9H,17H2,1H3,(H2,18,20,21). The van der Waals surface area contributed by atoms with Gasteiger partial charge in [0.2, 0.25) is 5.95 Å². The number of nitrogen functional groups attached to an aromatic ring is 2. The Kier molecular flexibility index (Phi) is 3.23. The Balaban J connectivity index is 2.21. The molecule has 0 saturated carbocycles. The van der Waals surface area contributed by atoms with E-state index in [4.69, 9.17) is 11.5 Å². The van der Waals surface area contributed by atoms with Crippen molar-refractivity contribution >= 4 is 11.6 Å². The predicted molar refractivity (Wildman–Crippen MR) is 84.3 cm³/mol. The Bertz CT molecular complexity index is 784. The van der Waals surface area contributed by atoms with Gasteiger partial charge >= 0.3 is 0 Å². The summed E-state index contributed by atoms with van der Waals surface area (Å²) in [7, 11) is 0. The van der Waals surface area contributed by atoms with Crippen LogP contribution in [-0.4, -0.2) is 15.0 Å². The third-order valence-electron chi connectivity index (χ3n) is 3.33. The fourth-order valence-corrected chi connectivity index (χ4v) is 2.14. The fourth-order valence-electron chi connectivity index (χ4n) is 2.14. The van der Waals surface area contributed by atoms with Crippen molar-refractivity contribution in [3.8, 4) is 22.4 Å². The molecule has 0 unspecified atom stereocenters. The highest BCUT2D eigenvalue weighted by molar-refractivity contribution is 5.82. The summed E-state index contributed by atoms with van der Waals surface area (Å²) in [6.45, 7) is 1.97. The lowest BCUT2D eigenvalue weighted by Crippen LogP contribution is -1.99. The van der Waals surface area contributed by atoms with Crippen LogP contribution in [0.15, 0.2) is 48.9 Å². The third kappa shape index (κ3) is 2.53. The molecule has 21 heavy (non-hydrogen) atoms. The van der Waals surface area contributed by atoms with Gasteiger partial charge in [0.15, 0.2) is 0 Å². The molecule has 0 atom stereocenters. The number of nitrogens with zero attached hydrogens (tertiary/aromatic N) is 3. The molecule has 0 saturated heterocycles. The van der Waals surface area contributed by atoms with E-state index in [1.807, 2.05) is 37.3 Å². The minimum atomic E-state index is 0.234. The van der Waals surface area contributed by atoms with E-state index in [1.54, 1.807) is 18.6 Å². The van der Waals surface area contributed by atoms with Crippen LogP contribution in [0.2, 0.25) is 0 Å². The van der Waals surface area contributed by atoms with Crippen molar-refractivity contribution in [3.05, 3.63) is 54.5 Å². The second-order valence-corrected chi connectivity index (χ2v) is 4.80. The van der Waals surface area contributed by atoms with Gasteiger partial charge in [-0.25, -0.2) is 9.97 Å². The van der Waals surface area contributed by atoms with Gasteiger partial charge in [0.25, 0.3) is 0 Å². The summed E-state index contributed by atoms with van der Waals surface area (Å²) in [5, 5.41) is 0. The molecule has 0 radical (unpaired) electrons. The van der Waals surface area contributed by atoms with E-state index >= 15 is 0 Å². The van der Waals surface area contributed by atoms with E-state index < -0.39 is 0 Å². The normalized spacial score (nSPS) is 10.5. The number of aromatic nitrogens is 3. The summed E-state index contributed by atoms with van der Waals surface area (Å²) >= 11 is 0. The molecule has 5 heteroatoms. The average Bonchev–Trinajstić information content (AvgIpc) is 2.51. The Morgan fingerprint density at radius 3 is 2.57 bits per heavy atom. The summed E-state index contributed by atoms with van der Waals surface area (Å²) in [4.78, 5) is 12.6. The molecular weight excluding hydrogens is 262 g/mol. The van der Waals surface area contributed by atoms with Gasteiger partial charge in [-0.2, -0.15) is 0 Å². The molecule has 2 heterocycles. The van der Waals surface area contributed by atoms with E-state index in [2.05, 4.69) is 15.0 Å². The van der Waals surface area contributed by atoms with Crippen LogP contribution in [0, 0.1) is 6.92 Å². The first-order valence-electron chi connectivity index (χ1n) is 6.54. The summed E-state index contributed by atoms with van der Waals surface area (Å²) in [5.74, 6) is 0.234. The molecule has 0 bridgehead atoms. The highest BCUT2D eigenvalue weighted by Crippen LogP contribution is 2.31.